The van der Waals surface area contributed by atoms with Gasteiger partial charge >= 0.3 is 5.97 Å². The first kappa shape index (κ1) is 11.8. The number of rotatable bonds is 6. The summed E-state index contributed by atoms with van der Waals surface area (Å²) in [5, 5.41) is 0. The number of ketones is 1. The van der Waals surface area contributed by atoms with Crippen molar-refractivity contribution < 1.29 is 19.1 Å². The number of carbonyl (C=O) groups excluding carboxylic acids is 2. The fraction of sp³-hybridized carbons (Fsp3) is 0.636. The van der Waals surface area contributed by atoms with E-state index in [0.29, 0.717) is 6.61 Å². The maximum absolute atomic E-state index is 11.7. The third kappa shape index (κ3) is 3.38. The molecule has 1 aliphatic rings. The van der Waals surface area contributed by atoms with Crippen molar-refractivity contribution in [3.63, 3.8) is 0 Å². The van der Waals surface area contributed by atoms with Gasteiger partial charge in [0.25, 0.3) is 0 Å². The smallest absolute Gasteiger partial charge is 0.344 e. The monoisotopic (exact) mass is 212 g/mol. The van der Waals surface area contributed by atoms with Gasteiger partial charge in [-0.2, -0.15) is 0 Å². The van der Waals surface area contributed by atoms with Gasteiger partial charge in [0.2, 0.25) is 0 Å². The average molecular weight is 212 g/mol. The molecule has 1 rings (SSSR count). The lowest BCUT2D eigenvalue weighted by molar-refractivity contribution is -0.140. The van der Waals surface area contributed by atoms with E-state index in [4.69, 9.17) is 9.47 Å². The summed E-state index contributed by atoms with van der Waals surface area (Å²) in [7, 11) is 0. The third-order valence-electron chi connectivity index (χ3n) is 2.08. The summed E-state index contributed by atoms with van der Waals surface area (Å²) in [6.07, 6.45) is 2.95. The Bertz CT molecular complexity index is 276. The van der Waals surface area contributed by atoms with Gasteiger partial charge in [0.1, 0.15) is 11.8 Å². The van der Waals surface area contributed by atoms with Crippen molar-refractivity contribution in [2.45, 2.75) is 26.7 Å². The van der Waals surface area contributed by atoms with Gasteiger partial charge in [-0.05, 0) is 26.7 Å². The lowest BCUT2D eigenvalue weighted by atomic mass is 10.1. The largest absolute Gasteiger partial charge is 0.500 e. The Hall–Kier alpha value is -1.32. The van der Waals surface area contributed by atoms with E-state index in [1.165, 1.54) is 6.26 Å². The Morgan fingerprint density at radius 3 is 2.40 bits per heavy atom. The second-order valence-corrected chi connectivity index (χ2v) is 3.35. The molecule has 0 saturated heterocycles. The maximum atomic E-state index is 11.7. The molecule has 0 aliphatic heterocycles. The predicted octanol–water partition coefficient (Wildman–Crippen LogP) is 1.45. The van der Waals surface area contributed by atoms with Crippen LogP contribution in [0.25, 0.3) is 0 Å². The molecule has 0 spiro atoms. The third-order valence-corrected chi connectivity index (χ3v) is 2.08. The molecule has 0 unspecified atom stereocenters. The topological polar surface area (TPSA) is 52.6 Å². The Balaban J connectivity index is 2.67. The van der Waals surface area contributed by atoms with Crippen molar-refractivity contribution in [1.29, 1.82) is 0 Å². The Labute approximate surface area is 89.2 Å². The molecule has 0 N–H and O–H groups in total. The first-order chi connectivity index (χ1) is 7.20. The van der Waals surface area contributed by atoms with Gasteiger partial charge in [-0.3, -0.25) is 4.79 Å². The molecule has 0 amide bonds. The van der Waals surface area contributed by atoms with E-state index in [1.807, 2.05) is 0 Å². The van der Waals surface area contributed by atoms with Crippen molar-refractivity contribution >= 4 is 11.8 Å². The normalized spacial score (nSPS) is 16.0. The molecule has 0 heterocycles. The summed E-state index contributed by atoms with van der Waals surface area (Å²) in [5.41, 5.74) is 0.0428. The van der Waals surface area contributed by atoms with Crippen LogP contribution < -0.4 is 0 Å². The van der Waals surface area contributed by atoms with Crippen molar-refractivity contribution in [3.8, 4) is 0 Å². The molecule has 15 heavy (non-hydrogen) atoms. The summed E-state index contributed by atoms with van der Waals surface area (Å²) in [5.74, 6) is -0.731. The molecular weight excluding hydrogens is 196 g/mol. The van der Waals surface area contributed by atoms with Crippen LogP contribution in [0.4, 0.5) is 0 Å². The van der Waals surface area contributed by atoms with Gasteiger partial charge in [0.05, 0.1) is 13.2 Å². The van der Waals surface area contributed by atoms with Crippen LogP contribution in [0.5, 0.6) is 0 Å². The quantitative estimate of drug-likeness (QED) is 0.220. The van der Waals surface area contributed by atoms with Crippen molar-refractivity contribution in [2.75, 3.05) is 13.2 Å². The van der Waals surface area contributed by atoms with E-state index in [0.717, 1.165) is 12.8 Å². The van der Waals surface area contributed by atoms with Crippen molar-refractivity contribution in [3.05, 3.63) is 11.8 Å². The molecule has 1 aliphatic carbocycles. The molecular formula is C11H16O4. The number of Topliss-reactive ketones (excluding diaryl/α,β-unsaturated/α-hetero) is 1. The molecule has 0 atom stereocenters. The number of hydrogen-bond acceptors (Lipinski definition) is 4. The summed E-state index contributed by atoms with van der Waals surface area (Å²) in [6, 6.07) is 0. The van der Waals surface area contributed by atoms with Gasteiger partial charge in [-0.1, -0.05) is 0 Å². The molecule has 0 aromatic carbocycles. The van der Waals surface area contributed by atoms with E-state index < -0.39 is 5.97 Å². The van der Waals surface area contributed by atoms with Crippen LogP contribution in [-0.4, -0.2) is 25.0 Å². The number of carbonyl (C=O) groups is 2. The van der Waals surface area contributed by atoms with E-state index >= 15 is 0 Å². The van der Waals surface area contributed by atoms with E-state index in [2.05, 4.69) is 0 Å². The summed E-state index contributed by atoms with van der Waals surface area (Å²) >= 11 is 0. The standard InChI is InChI=1S/C11H16O4/c1-3-14-7-9(11(13)15-4-2)10(12)8-5-6-8/h7-8H,3-6H2,1-2H3/b9-7-. The van der Waals surface area contributed by atoms with Gasteiger partial charge in [-0.25, -0.2) is 4.79 Å². The first-order valence-electron chi connectivity index (χ1n) is 5.23. The lowest BCUT2D eigenvalue weighted by Gasteiger charge is -2.05. The molecule has 0 bridgehead atoms. The molecule has 4 heteroatoms. The Kier molecular flexibility index (Phi) is 4.34. The van der Waals surface area contributed by atoms with Gasteiger partial charge in [-0.15, -0.1) is 0 Å². The second kappa shape index (κ2) is 5.53. The molecule has 0 aromatic rings. The van der Waals surface area contributed by atoms with Crippen LogP contribution in [0.15, 0.2) is 11.8 Å². The predicted molar refractivity (Wildman–Crippen MR) is 54.1 cm³/mol. The first-order valence-corrected chi connectivity index (χ1v) is 5.23. The van der Waals surface area contributed by atoms with E-state index in [1.54, 1.807) is 13.8 Å². The van der Waals surface area contributed by atoms with E-state index in [-0.39, 0.29) is 23.9 Å². The highest BCUT2D eigenvalue weighted by atomic mass is 16.5. The van der Waals surface area contributed by atoms with Crippen LogP contribution in [0.2, 0.25) is 0 Å². The van der Waals surface area contributed by atoms with Gasteiger partial charge in [0.15, 0.2) is 5.78 Å². The van der Waals surface area contributed by atoms with Crippen molar-refractivity contribution in [2.24, 2.45) is 5.92 Å². The zero-order valence-corrected chi connectivity index (χ0v) is 9.12. The molecule has 1 saturated carbocycles. The van der Waals surface area contributed by atoms with Crippen LogP contribution in [0.3, 0.4) is 0 Å². The second-order valence-electron chi connectivity index (χ2n) is 3.35. The zero-order chi connectivity index (χ0) is 11.3. The molecule has 0 aromatic heterocycles. The van der Waals surface area contributed by atoms with Gasteiger partial charge < -0.3 is 9.47 Å². The molecule has 84 valence electrons. The molecule has 4 nitrogen and oxygen atoms in total. The number of ether oxygens (including phenoxy) is 2. The highest BCUT2D eigenvalue weighted by molar-refractivity contribution is 6.18. The summed E-state index contributed by atoms with van der Waals surface area (Å²) in [4.78, 5) is 23.1. The Morgan fingerprint density at radius 1 is 1.27 bits per heavy atom. The lowest BCUT2D eigenvalue weighted by Crippen LogP contribution is -2.17. The van der Waals surface area contributed by atoms with Crippen LogP contribution in [-0.2, 0) is 19.1 Å². The van der Waals surface area contributed by atoms with Crippen LogP contribution in [0, 0.1) is 5.92 Å². The fourth-order valence-corrected chi connectivity index (χ4v) is 1.15. The molecule has 0 radical (unpaired) electrons. The van der Waals surface area contributed by atoms with Crippen LogP contribution in [0.1, 0.15) is 26.7 Å². The minimum absolute atomic E-state index is 0.00103. The molecule has 1 fully saturated rings. The fourth-order valence-electron chi connectivity index (χ4n) is 1.15. The minimum Gasteiger partial charge on any atom is -0.500 e. The van der Waals surface area contributed by atoms with Gasteiger partial charge in [0, 0.05) is 5.92 Å². The highest BCUT2D eigenvalue weighted by Crippen LogP contribution is 2.32. The SMILES string of the molecule is CCO/C=C(\C(=O)OCC)C(=O)C1CC1. The van der Waals surface area contributed by atoms with Crippen molar-refractivity contribution in [1.82, 2.24) is 0 Å². The zero-order valence-electron chi connectivity index (χ0n) is 9.12. The van der Waals surface area contributed by atoms with Crippen LogP contribution >= 0.6 is 0 Å². The average Bonchev–Trinajstić information content (AvgIpc) is 3.01. The van der Waals surface area contributed by atoms with E-state index in [9.17, 15) is 9.59 Å². The Morgan fingerprint density at radius 2 is 1.93 bits per heavy atom. The minimum atomic E-state index is -0.581. The highest BCUT2D eigenvalue weighted by Gasteiger charge is 2.35. The summed E-state index contributed by atoms with van der Waals surface area (Å²) < 4.78 is 9.77. The maximum Gasteiger partial charge on any atom is 0.344 e. The number of hydrogen-bond donors (Lipinski definition) is 0. The number of esters is 1. The summed E-state index contributed by atoms with van der Waals surface area (Å²) in [6.45, 7) is 4.19.